The highest BCUT2D eigenvalue weighted by Crippen LogP contribution is 2.24. The summed E-state index contributed by atoms with van der Waals surface area (Å²) in [5.74, 6) is -0.487. The zero-order chi connectivity index (χ0) is 21.0. The van der Waals surface area contributed by atoms with Crippen molar-refractivity contribution in [3.05, 3.63) is 65.7 Å². The maximum atomic E-state index is 12.9. The molecule has 6 nitrogen and oxygen atoms in total. The molecule has 0 saturated carbocycles. The fraction of sp³-hybridized carbons (Fsp3) is 0.348. The summed E-state index contributed by atoms with van der Waals surface area (Å²) in [6, 6.07) is 15.2. The number of para-hydroxylation sites is 1. The lowest BCUT2D eigenvalue weighted by Gasteiger charge is -2.28. The standard InChI is InChI=1S/C23H26N2O4/c1-23(2,3)29-22(28)25-15-9-14-19(25)21(27)24-18-13-8-7-12-17(18)20(26)16-10-5-4-6-11-16/h4-8,10-13,19H,9,14-15H2,1-3H3,(H,24,27)/t19-/m0/s1. The van der Waals surface area contributed by atoms with Gasteiger partial charge in [-0.1, -0.05) is 42.5 Å². The first-order chi connectivity index (χ1) is 13.8. The van der Waals surface area contributed by atoms with Crippen molar-refractivity contribution in [1.29, 1.82) is 0 Å². The van der Waals surface area contributed by atoms with Crippen LogP contribution in [0.15, 0.2) is 54.6 Å². The van der Waals surface area contributed by atoms with Crippen LogP contribution in [-0.4, -0.2) is 40.9 Å². The van der Waals surface area contributed by atoms with E-state index in [9.17, 15) is 14.4 Å². The summed E-state index contributed by atoms with van der Waals surface area (Å²) >= 11 is 0. The lowest BCUT2D eigenvalue weighted by Crippen LogP contribution is -2.45. The molecular formula is C23H26N2O4. The third-order valence-corrected chi connectivity index (χ3v) is 4.65. The molecule has 29 heavy (non-hydrogen) atoms. The Kier molecular flexibility index (Phi) is 6.01. The molecule has 1 atom stereocenters. The van der Waals surface area contributed by atoms with Gasteiger partial charge >= 0.3 is 6.09 Å². The molecule has 1 fully saturated rings. The lowest BCUT2D eigenvalue weighted by molar-refractivity contribution is -0.120. The Bertz CT molecular complexity index is 903. The molecule has 1 aliphatic heterocycles. The van der Waals surface area contributed by atoms with Crippen molar-refractivity contribution in [1.82, 2.24) is 4.90 Å². The van der Waals surface area contributed by atoms with Gasteiger partial charge in [0.1, 0.15) is 11.6 Å². The Morgan fingerprint density at radius 1 is 1.00 bits per heavy atom. The van der Waals surface area contributed by atoms with Crippen molar-refractivity contribution in [2.45, 2.75) is 45.3 Å². The molecule has 1 N–H and O–H groups in total. The number of benzene rings is 2. The van der Waals surface area contributed by atoms with Crippen LogP contribution in [0.25, 0.3) is 0 Å². The molecule has 0 aromatic heterocycles. The number of hydrogen-bond acceptors (Lipinski definition) is 4. The number of carbonyl (C=O) groups excluding carboxylic acids is 3. The lowest BCUT2D eigenvalue weighted by atomic mass is 10.0. The Morgan fingerprint density at radius 3 is 2.34 bits per heavy atom. The quantitative estimate of drug-likeness (QED) is 0.787. The number of anilines is 1. The smallest absolute Gasteiger partial charge is 0.410 e. The Hall–Kier alpha value is -3.15. The van der Waals surface area contributed by atoms with E-state index >= 15 is 0 Å². The zero-order valence-electron chi connectivity index (χ0n) is 17.0. The molecule has 0 bridgehead atoms. The van der Waals surface area contributed by atoms with Crippen LogP contribution in [0.4, 0.5) is 10.5 Å². The van der Waals surface area contributed by atoms with Gasteiger partial charge in [0, 0.05) is 17.7 Å². The van der Waals surface area contributed by atoms with Crippen molar-refractivity contribution >= 4 is 23.5 Å². The first-order valence-corrected chi connectivity index (χ1v) is 9.75. The summed E-state index contributed by atoms with van der Waals surface area (Å²) in [6.45, 7) is 5.85. The first-order valence-electron chi connectivity index (χ1n) is 9.75. The molecule has 1 heterocycles. The highest BCUT2D eigenvalue weighted by Gasteiger charge is 2.36. The van der Waals surface area contributed by atoms with Gasteiger partial charge in [0.25, 0.3) is 0 Å². The van der Waals surface area contributed by atoms with Gasteiger partial charge < -0.3 is 10.1 Å². The molecule has 152 valence electrons. The van der Waals surface area contributed by atoms with Gasteiger partial charge in [-0.2, -0.15) is 0 Å². The molecule has 6 heteroatoms. The molecule has 3 rings (SSSR count). The normalized spacial score (nSPS) is 16.4. The van der Waals surface area contributed by atoms with E-state index < -0.39 is 17.7 Å². The van der Waals surface area contributed by atoms with Crippen LogP contribution in [0.3, 0.4) is 0 Å². The number of rotatable bonds is 4. The second kappa shape index (κ2) is 8.47. The number of amides is 2. The van der Waals surface area contributed by atoms with E-state index in [4.69, 9.17) is 4.74 Å². The number of carbonyl (C=O) groups is 3. The van der Waals surface area contributed by atoms with Gasteiger partial charge in [-0.3, -0.25) is 14.5 Å². The minimum Gasteiger partial charge on any atom is -0.444 e. The predicted molar refractivity (Wildman–Crippen MR) is 111 cm³/mol. The van der Waals surface area contributed by atoms with Gasteiger partial charge in [0.2, 0.25) is 5.91 Å². The highest BCUT2D eigenvalue weighted by atomic mass is 16.6. The predicted octanol–water partition coefficient (Wildman–Crippen LogP) is 4.26. The Labute approximate surface area is 170 Å². The Balaban J connectivity index is 1.77. The van der Waals surface area contributed by atoms with Crippen LogP contribution in [0.2, 0.25) is 0 Å². The van der Waals surface area contributed by atoms with Crippen molar-refractivity contribution < 1.29 is 19.1 Å². The van der Waals surface area contributed by atoms with E-state index in [0.29, 0.717) is 29.8 Å². The summed E-state index contributed by atoms with van der Waals surface area (Å²) in [7, 11) is 0. The first kappa shape index (κ1) is 20.6. The number of nitrogens with zero attached hydrogens (tertiary/aromatic N) is 1. The maximum absolute atomic E-state index is 12.9. The van der Waals surface area contributed by atoms with E-state index in [0.717, 1.165) is 6.42 Å². The van der Waals surface area contributed by atoms with Crippen LogP contribution in [0.1, 0.15) is 49.5 Å². The van der Waals surface area contributed by atoms with Crippen LogP contribution >= 0.6 is 0 Å². The van der Waals surface area contributed by atoms with Crippen molar-refractivity contribution in [2.24, 2.45) is 0 Å². The van der Waals surface area contributed by atoms with Gasteiger partial charge in [0.05, 0.1) is 5.69 Å². The van der Waals surface area contributed by atoms with E-state index in [1.165, 1.54) is 4.90 Å². The molecule has 2 aromatic carbocycles. The number of hydrogen-bond donors (Lipinski definition) is 1. The van der Waals surface area contributed by atoms with Crippen molar-refractivity contribution in [2.75, 3.05) is 11.9 Å². The average Bonchev–Trinajstić information content (AvgIpc) is 3.17. The largest absolute Gasteiger partial charge is 0.444 e. The SMILES string of the molecule is CC(C)(C)OC(=O)N1CCC[C@H]1C(=O)Nc1ccccc1C(=O)c1ccccc1. The number of nitrogens with one attached hydrogen (secondary N) is 1. The molecule has 2 aromatic rings. The van der Waals surface area contributed by atoms with Crippen LogP contribution in [-0.2, 0) is 9.53 Å². The molecular weight excluding hydrogens is 368 g/mol. The minimum absolute atomic E-state index is 0.170. The van der Waals surface area contributed by atoms with Gasteiger partial charge in [-0.05, 0) is 45.7 Å². The van der Waals surface area contributed by atoms with Crippen LogP contribution < -0.4 is 5.32 Å². The topological polar surface area (TPSA) is 75.7 Å². The minimum atomic E-state index is -0.630. The monoisotopic (exact) mass is 394 g/mol. The highest BCUT2D eigenvalue weighted by molar-refractivity contribution is 6.14. The summed E-state index contributed by atoms with van der Waals surface area (Å²) in [5.41, 5.74) is 0.761. The zero-order valence-corrected chi connectivity index (χ0v) is 17.0. The van der Waals surface area contributed by atoms with Crippen molar-refractivity contribution in [3.63, 3.8) is 0 Å². The molecule has 1 aliphatic rings. The fourth-order valence-corrected chi connectivity index (χ4v) is 3.33. The molecule has 0 spiro atoms. The maximum Gasteiger partial charge on any atom is 0.410 e. The number of ether oxygens (including phenoxy) is 1. The molecule has 1 saturated heterocycles. The van der Waals surface area contributed by atoms with Gasteiger partial charge in [-0.15, -0.1) is 0 Å². The van der Waals surface area contributed by atoms with Gasteiger partial charge in [0.15, 0.2) is 5.78 Å². The average molecular weight is 394 g/mol. The fourth-order valence-electron chi connectivity index (χ4n) is 3.33. The van der Waals surface area contributed by atoms with Crippen LogP contribution in [0.5, 0.6) is 0 Å². The summed E-state index contributed by atoms with van der Waals surface area (Å²) in [6.07, 6.45) is 0.783. The third kappa shape index (κ3) is 5.02. The summed E-state index contributed by atoms with van der Waals surface area (Å²) < 4.78 is 5.42. The molecule has 0 unspecified atom stereocenters. The summed E-state index contributed by atoms with van der Waals surface area (Å²) in [5, 5.41) is 2.84. The van der Waals surface area contributed by atoms with E-state index in [-0.39, 0.29) is 11.7 Å². The second-order valence-electron chi connectivity index (χ2n) is 8.06. The van der Waals surface area contributed by atoms with E-state index in [1.54, 1.807) is 69.3 Å². The third-order valence-electron chi connectivity index (χ3n) is 4.65. The van der Waals surface area contributed by atoms with E-state index in [1.807, 2.05) is 6.07 Å². The number of likely N-dealkylation sites (tertiary alicyclic amines) is 1. The molecule has 0 radical (unpaired) electrons. The molecule has 2 amide bonds. The summed E-state index contributed by atoms with van der Waals surface area (Å²) in [4.78, 5) is 39.7. The molecule has 0 aliphatic carbocycles. The number of ketones is 1. The van der Waals surface area contributed by atoms with E-state index in [2.05, 4.69) is 5.32 Å². The second-order valence-corrected chi connectivity index (χ2v) is 8.06. The van der Waals surface area contributed by atoms with Crippen LogP contribution in [0, 0.1) is 0 Å². The van der Waals surface area contributed by atoms with Gasteiger partial charge in [-0.25, -0.2) is 4.79 Å². The Morgan fingerprint density at radius 2 is 1.66 bits per heavy atom. The van der Waals surface area contributed by atoms with Crippen molar-refractivity contribution in [3.8, 4) is 0 Å².